The zero-order chi connectivity index (χ0) is 14.9. The molecule has 1 heterocycles. The molecule has 4 nitrogen and oxygen atoms in total. The van der Waals surface area contributed by atoms with Crippen LogP contribution in [0.1, 0.15) is 24.1 Å². The highest BCUT2D eigenvalue weighted by atomic mass is 127. The largest absolute Gasteiger partial charge is 0.356 e. The van der Waals surface area contributed by atoms with Crippen molar-refractivity contribution < 1.29 is 0 Å². The zero-order valence-electron chi connectivity index (χ0n) is 13.0. The number of benzene rings is 1. The van der Waals surface area contributed by atoms with Crippen LogP contribution in [0.25, 0.3) is 0 Å². The minimum Gasteiger partial charge on any atom is -0.356 e. The summed E-state index contributed by atoms with van der Waals surface area (Å²) in [7, 11) is 1.79. The molecular weight excluding hydrogens is 387 g/mol. The van der Waals surface area contributed by atoms with Crippen molar-refractivity contribution in [3.05, 3.63) is 66.0 Å². The lowest BCUT2D eigenvalue weighted by atomic mass is 10.1. The molecule has 2 rings (SSSR count). The van der Waals surface area contributed by atoms with Crippen LogP contribution in [0.3, 0.4) is 0 Å². The highest BCUT2D eigenvalue weighted by Gasteiger charge is 2.06. The van der Waals surface area contributed by atoms with Crippen LogP contribution in [0.2, 0.25) is 0 Å². The summed E-state index contributed by atoms with van der Waals surface area (Å²) in [6.07, 6.45) is 4.61. The first-order valence-electron chi connectivity index (χ1n) is 7.20. The SMILES string of the molecule is CN=C(NCCc1cccnc1)NC(C)c1ccccc1.I. The summed E-state index contributed by atoms with van der Waals surface area (Å²) in [6.45, 7) is 2.95. The molecule has 118 valence electrons. The predicted molar refractivity (Wildman–Crippen MR) is 103 cm³/mol. The molecule has 1 aromatic carbocycles. The molecule has 5 heteroatoms. The Morgan fingerprint density at radius 1 is 1.18 bits per heavy atom. The van der Waals surface area contributed by atoms with E-state index in [2.05, 4.69) is 45.7 Å². The molecule has 0 saturated carbocycles. The summed E-state index contributed by atoms with van der Waals surface area (Å²) in [5, 5.41) is 6.72. The van der Waals surface area contributed by atoms with E-state index in [9.17, 15) is 0 Å². The monoisotopic (exact) mass is 410 g/mol. The topological polar surface area (TPSA) is 49.3 Å². The van der Waals surface area contributed by atoms with E-state index in [-0.39, 0.29) is 30.0 Å². The smallest absolute Gasteiger partial charge is 0.191 e. The van der Waals surface area contributed by atoms with Crippen LogP contribution in [-0.4, -0.2) is 24.5 Å². The van der Waals surface area contributed by atoms with Gasteiger partial charge in [-0.3, -0.25) is 9.98 Å². The molecule has 0 amide bonds. The number of nitrogens with zero attached hydrogens (tertiary/aromatic N) is 2. The van der Waals surface area contributed by atoms with E-state index in [0.717, 1.165) is 18.9 Å². The molecule has 22 heavy (non-hydrogen) atoms. The number of rotatable bonds is 5. The Kier molecular flexibility index (Phi) is 8.50. The van der Waals surface area contributed by atoms with Gasteiger partial charge in [-0.15, -0.1) is 24.0 Å². The van der Waals surface area contributed by atoms with Crippen LogP contribution in [0.4, 0.5) is 0 Å². The maximum Gasteiger partial charge on any atom is 0.191 e. The van der Waals surface area contributed by atoms with E-state index in [1.165, 1.54) is 11.1 Å². The van der Waals surface area contributed by atoms with Crippen molar-refractivity contribution in [2.45, 2.75) is 19.4 Å². The van der Waals surface area contributed by atoms with E-state index in [1.54, 1.807) is 13.2 Å². The first-order valence-corrected chi connectivity index (χ1v) is 7.20. The van der Waals surface area contributed by atoms with E-state index in [4.69, 9.17) is 0 Å². The quantitative estimate of drug-likeness (QED) is 0.452. The molecule has 0 bridgehead atoms. The van der Waals surface area contributed by atoms with Gasteiger partial charge in [0.05, 0.1) is 6.04 Å². The van der Waals surface area contributed by atoms with Gasteiger partial charge in [0, 0.05) is 26.0 Å². The second kappa shape index (κ2) is 10.2. The third-order valence-electron chi connectivity index (χ3n) is 3.31. The highest BCUT2D eigenvalue weighted by molar-refractivity contribution is 14.0. The lowest BCUT2D eigenvalue weighted by Gasteiger charge is -2.18. The summed E-state index contributed by atoms with van der Waals surface area (Å²) in [4.78, 5) is 8.38. The molecule has 0 fully saturated rings. The second-order valence-electron chi connectivity index (χ2n) is 4.89. The third-order valence-corrected chi connectivity index (χ3v) is 3.31. The lowest BCUT2D eigenvalue weighted by Crippen LogP contribution is -2.39. The van der Waals surface area contributed by atoms with Crippen molar-refractivity contribution in [2.75, 3.05) is 13.6 Å². The van der Waals surface area contributed by atoms with Crippen LogP contribution < -0.4 is 10.6 Å². The number of nitrogens with one attached hydrogen (secondary N) is 2. The minimum absolute atomic E-state index is 0. The van der Waals surface area contributed by atoms with Crippen LogP contribution in [0.15, 0.2) is 59.9 Å². The van der Waals surface area contributed by atoms with Crippen LogP contribution in [0.5, 0.6) is 0 Å². The molecule has 0 spiro atoms. The predicted octanol–water partition coefficient (Wildman–Crippen LogP) is 3.17. The number of guanidine groups is 1. The average Bonchev–Trinajstić information content (AvgIpc) is 2.55. The Bertz CT molecular complexity index is 557. The van der Waals surface area contributed by atoms with Crippen molar-refractivity contribution >= 4 is 29.9 Å². The molecule has 0 radical (unpaired) electrons. The van der Waals surface area contributed by atoms with Crippen molar-refractivity contribution in [3.8, 4) is 0 Å². The molecule has 0 aliphatic carbocycles. The van der Waals surface area contributed by atoms with Gasteiger partial charge < -0.3 is 10.6 Å². The normalized spacial score (nSPS) is 12.2. The van der Waals surface area contributed by atoms with Gasteiger partial charge in [0.1, 0.15) is 0 Å². The highest BCUT2D eigenvalue weighted by Crippen LogP contribution is 2.10. The van der Waals surface area contributed by atoms with Gasteiger partial charge in [-0.05, 0) is 30.5 Å². The van der Waals surface area contributed by atoms with Crippen molar-refractivity contribution in [1.82, 2.24) is 15.6 Å². The van der Waals surface area contributed by atoms with Crippen molar-refractivity contribution in [2.24, 2.45) is 4.99 Å². The molecule has 2 aromatic rings. The van der Waals surface area contributed by atoms with Crippen LogP contribution in [0, 0.1) is 0 Å². The number of halogens is 1. The van der Waals surface area contributed by atoms with E-state index in [1.807, 2.05) is 30.5 Å². The first kappa shape index (κ1) is 18.4. The van der Waals surface area contributed by atoms with Gasteiger partial charge in [-0.25, -0.2) is 0 Å². The minimum atomic E-state index is 0. The third kappa shape index (κ3) is 6.01. The summed E-state index contributed by atoms with van der Waals surface area (Å²) >= 11 is 0. The van der Waals surface area contributed by atoms with Crippen LogP contribution in [-0.2, 0) is 6.42 Å². The molecule has 0 aliphatic heterocycles. The average molecular weight is 410 g/mol. The Morgan fingerprint density at radius 3 is 2.59 bits per heavy atom. The molecule has 0 saturated heterocycles. The maximum absolute atomic E-state index is 4.26. The van der Waals surface area contributed by atoms with Crippen molar-refractivity contribution in [3.63, 3.8) is 0 Å². The second-order valence-corrected chi connectivity index (χ2v) is 4.89. The molecule has 1 aromatic heterocycles. The number of pyridine rings is 1. The van der Waals surface area contributed by atoms with Gasteiger partial charge in [-0.2, -0.15) is 0 Å². The van der Waals surface area contributed by atoms with E-state index >= 15 is 0 Å². The molecule has 1 atom stereocenters. The van der Waals surface area contributed by atoms with Gasteiger partial charge in [0.2, 0.25) is 0 Å². The summed E-state index contributed by atoms with van der Waals surface area (Å²) < 4.78 is 0. The maximum atomic E-state index is 4.26. The number of aromatic nitrogens is 1. The Morgan fingerprint density at radius 2 is 1.95 bits per heavy atom. The summed E-state index contributed by atoms with van der Waals surface area (Å²) in [6, 6.07) is 14.6. The number of hydrogen-bond acceptors (Lipinski definition) is 2. The Hall–Kier alpha value is -1.63. The van der Waals surface area contributed by atoms with Gasteiger partial charge in [0.15, 0.2) is 5.96 Å². The van der Waals surface area contributed by atoms with E-state index < -0.39 is 0 Å². The Labute approximate surface area is 149 Å². The standard InChI is InChI=1S/C17H22N4.HI/c1-14(16-8-4-3-5-9-16)21-17(18-2)20-12-10-15-7-6-11-19-13-15;/h3-9,11,13-14H,10,12H2,1-2H3,(H2,18,20,21);1H. The fourth-order valence-electron chi connectivity index (χ4n) is 2.10. The van der Waals surface area contributed by atoms with Crippen molar-refractivity contribution in [1.29, 1.82) is 0 Å². The summed E-state index contributed by atoms with van der Waals surface area (Å²) in [5.74, 6) is 0.815. The zero-order valence-corrected chi connectivity index (χ0v) is 15.3. The van der Waals surface area contributed by atoms with Crippen LogP contribution >= 0.6 is 24.0 Å². The van der Waals surface area contributed by atoms with Gasteiger partial charge in [0.25, 0.3) is 0 Å². The Balaban J connectivity index is 0.00000242. The molecule has 0 aliphatic rings. The fraction of sp³-hybridized carbons (Fsp3) is 0.294. The molecule has 1 unspecified atom stereocenters. The lowest BCUT2D eigenvalue weighted by molar-refractivity contribution is 0.684. The van der Waals surface area contributed by atoms with E-state index in [0.29, 0.717) is 0 Å². The molecular formula is C17H23IN4. The fourth-order valence-corrected chi connectivity index (χ4v) is 2.10. The number of hydrogen-bond donors (Lipinski definition) is 2. The van der Waals surface area contributed by atoms with Gasteiger partial charge in [-0.1, -0.05) is 36.4 Å². The first-order chi connectivity index (χ1) is 10.3. The van der Waals surface area contributed by atoms with Gasteiger partial charge >= 0.3 is 0 Å². The molecule has 2 N–H and O–H groups in total. The number of aliphatic imine (C=N–C) groups is 1. The summed E-state index contributed by atoms with van der Waals surface area (Å²) in [5.41, 5.74) is 2.46.